The van der Waals surface area contributed by atoms with E-state index in [2.05, 4.69) is 4.98 Å². The highest BCUT2D eigenvalue weighted by Crippen LogP contribution is 2.29. The number of rotatable bonds is 3. The molecule has 0 radical (unpaired) electrons. The van der Waals surface area contributed by atoms with E-state index >= 15 is 0 Å². The van der Waals surface area contributed by atoms with E-state index in [1.165, 1.54) is 18.4 Å². The van der Waals surface area contributed by atoms with Gasteiger partial charge in [-0.2, -0.15) is 0 Å². The van der Waals surface area contributed by atoms with E-state index in [0.29, 0.717) is 22.0 Å². The van der Waals surface area contributed by atoms with Gasteiger partial charge in [-0.1, -0.05) is 6.07 Å². The smallest absolute Gasteiger partial charge is 0.260 e. The van der Waals surface area contributed by atoms with E-state index in [0.717, 1.165) is 17.5 Å². The summed E-state index contributed by atoms with van der Waals surface area (Å²) in [5.74, 6) is -0.453. The van der Waals surface area contributed by atoms with Crippen molar-refractivity contribution in [1.82, 2.24) is 4.98 Å². The number of carbonyl (C=O) groups excluding carboxylic acids is 1. The van der Waals surface area contributed by atoms with Crippen molar-refractivity contribution < 1.29 is 13.6 Å². The van der Waals surface area contributed by atoms with Gasteiger partial charge in [-0.15, -0.1) is 0 Å². The predicted molar refractivity (Wildman–Crippen MR) is 57.2 cm³/mol. The summed E-state index contributed by atoms with van der Waals surface area (Å²) < 4.78 is 18.6. The molecule has 82 valence electrons. The maximum absolute atomic E-state index is 13.5. The van der Waals surface area contributed by atoms with Crippen molar-refractivity contribution in [2.75, 3.05) is 0 Å². The van der Waals surface area contributed by atoms with Crippen LogP contribution in [0.2, 0.25) is 0 Å². The molecule has 0 spiro atoms. The molecule has 0 atom stereocenters. The second-order valence-corrected chi connectivity index (χ2v) is 4.16. The van der Waals surface area contributed by atoms with Crippen LogP contribution in [0, 0.1) is 12.7 Å². The Morgan fingerprint density at radius 2 is 2.31 bits per heavy atom. The van der Waals surface area contributed by atoms with E-state index in [1.54, 1.807) is 13.0 Å². The molecule has 0 fully saturated rings. The topological polar surface area (TPSA) is 43.1 Å². The van der Waals surface area contributed by atoms with Crippen LogP contribution >= 0.6 is 11.8 Å². The Balaban J connectivity index is 2.25. The lowest BCUT2D eigenvalue weighted by Gasteiger charge is -1.99. The fourth-order valence-electron chi connectivity index (χ4n) is 1.15. The minimum absolute atomic E-state index is 0.311. The van der Waals surface area contributed by atoms with Gasteiger partial charge in [-0.25, -0.2) is 9.37 Å². The van der Waals surface area contributed by atoms with E-state index < -0.39 is 5.82 Å². The molecule has 1 aromatic carbocycles. The van der Waals surface area contributed by atoms with Gasteiger partial charge in [0.1, 0.15) is 18.4 Å². The second kappa shape index (κ2) is 4.49. The van der Waals surface area contributed by atoms with Crippen LogP contribution < -0.4 is 0 Å². The van der Waals surface area contributed by atoms with Crippen LogP contribution in [0.25, 0.3) is 0 Å². The van der Waals surface area contributed by atoms with E-state index in [4.69, 9.17) is 4.42 Å². The fraction of sp³-hybridized carbons (Fsp3) is 0.0909. The molecule has 0 amide bonds. The van der Waals surface area contributed by atoms with E-state index in [9.17, 15) is 9.18 Å². The van der Waals surface area contributed by atoms with Gasteiger partial charge in [0.05, 0.1) is 10.6 Å². The molecule has 1 heterocycles. The van der Waals surface area contributed by atoms with Crippen LogP contribution in [0.3, 0.4) is 0 Å². The van der Waals surface area contributed by atoms with Crippen LogP contribution in [0.15, 0.2) is 39.0 Å². The summed E-state index contributed by atoms with van der Waals surface area (Å²) in [6.45, 7) is 1.79. The Hall–Kier alpha value is -1.62. The first-order valence-electron chi connectivity index (χ1n) is 4.54. The average molecular weight is 237 g/mol. The molecule has 0 saturated carbocycles. The summed E-state index contributed by atoms with van der Waals surface area (Å²) in [7, 11) is 0. The first kappa shape index (κ1) is 10.9. The number of nitrogens with zero attached hydrogens (tertiary/aromatic N) is 1. The van der Waals surface area contributed by atoms with Crippen molar-refractivity contribution in [1.29, 1.82) is 0 Å². The van der Waals surface area contributed by atoms with Crippen molar-refractivity contribution in [2.45, 2.75) is 17.0 Å². The van der Waals surface area contributed by atoms with Crippen LogP contribution in [-0.2, 0) is 0 Å². The minimum atomic E-state index is -0.453. The van der Waals surface area contributed by atoms with Crippen LogP contribution in [-0.4, -0.2) is 11.3 Å². The lowest BCUT2D eigenvalue weighted by atomic mass is 10.2. The Labute approximate surface area is 95.7 Å². The lowest BCUT2D eigenvalue weighted by Crippen LogP contribution is -1.86. The standard InChI is InChI=1S/C11H8FNO2S/c1-7-6-15-11(13-7)16-10-3-2-8(5-14)4-9(10)12/h2-6H,1H3. The summed E-state index contributed by atoms with van der Waals surface area (Å²) in [6, 6.07) is 4.27. The maximum atomic E-state index is 13.5. The highest BCUT2D eigenvalue weighted by molar-refractivity contribution is 7.99. The average Bonchev–Trinajstić information content (AvgIpc) is 2.67. The van der Waals surface area contributed by atoms with Gasteiger partial charge in [0.15, 0.2) is 0 Å². The predicted octanol–water partition coefficient (Wildman–Crippen LogP) is 3.09. The molecule has 0 aliphatic rings. The van der Waals surface area contributed by atoms with Gasteiger partial charge >= 0.3 is 0 Å². The second-order valence-electron chi connectivity index (χ2n) is 3.16. The Morgan fingerprint density at radius 3 is 2.88 bits per heavy atom. The van der Waals surface area contributed by atoms with Gasteiger partial charge in [0, 0.05) is 5.56 Å². The molecule has 0 N–H and O–H groups in total. The maximum Gasteiger partial charge on any atom is 0.260 e. The van der Waals surface area contributed by atoms with Crippen molar-refractivity contribution in [3.63, 3.8) is 0 Å². The SMILES string of the molecule is Cc1coc(Sc2ccc(C=O)cc2F)n1. The number of benzene rings is 1. The zero-order valence-electron chi connectivity index (χ0n) is 8.44. The highest BCUT2D eigenvalue weighted by Gasteiger charge is 2.09. The monoisotopic (exact) mass is 237 g/mol. The zero-order chi connectivity index (χ0) is 11.5. The summed E-state index contributed by atoms with van der Waals surface area (Å²) in [5.41, 5.74) is 1.05. The Bertz CT molecular complexity index is 524. The number of halogens is 1. The number of hydrogen-bond acceptors (Lipinski definition) is 4. The molecule has 0 saturated heterocycles. The normalized spacial score (nSPS) is 10.4. The molecule has 1 aromatic heterocycles. The Kier molecular flexibility index (Phi) is 3.05. The van der Waals surface area contributed by atoms with E-state index in [1.807, 2.05) is 0 Å². The molecule has 2 rings (SSSR count). The van der Waals surface area contributed by atoms with Crippen LogP contribution in [0.4, 0.5) is 4.39 Å². The summed E-state index contributed by atoms with van der Waals surface area (Å²) in [6.07, 6.45) is 2.10. The molecule has 2 aromatic rings. The number of hydrogen-bond donors (Lipinski definition) is 0. The number of oxazole rings is 1. The molecule has 16 heavy (non-hydrogen) atoms. The first-order valence-corrected chi connectivity index (χ1v) is 5.35. The number of carbonyl (C=O) groups is 1. The summed E-state index contributed by atoms with van der Waals surface area (Å²) in [5, 5.41) is 0.384. The number of aromatic nitrogens is 1. The molecule has 0 bridgehead atoms. The quantitative estimate of drug-likeness (QED) is 0.769. The van der Waals surface area contributed by atoms with Crippen molar-refractivity contribution in [3.8, 4) is 0 Å². The molecule has 5 heteroatoms. The van der Waals surface area contributed by atoms with Gasteiger partial charge in [-0.3, -0.25) is 4.79 Å². The zero-order valence-corrected chi connectivity index (χ0v) is 9.25. The molecule has 3 nitrogen and oxygen atoms in total. The fourth-order valence-corrected chi connectivity index (χ4v) is 1.91. The van der Waals surface area contributed by atoms with Gasteiger partial charge < -0.3 is 4.42 Å². The molecule has 0 aliphatic heterocycles. The summed E-state index contributed by atoms with van der Waals surface area (Å²) >= 11 is 1.09. The molecular weight excluding hydrogens is 229 g/mol. The third kappa shape index (κ3) is 2.30. The number of aryl methyl sites for hydroxylation is 1. The largest absolute Gasteiger partial charge is 0.439 e. The van der Waals surface area contributed by atoms with Crippen molar-refractivity contribution in [2.24, 2.45) is 0 Å². The van der Waals surface area contributed by atoms with Gasteiger partial charge in [-0.05, 0) is 30.8 Å². The highest BCUT2D eigenvalue weighted by atomic mass is 32.2. The third-order valence-corrected chi connectivity index (χ3v) is 2.80. The molecular formula is C11H8FNO2S. The Morgan fingerprint density at radius 1 is 1.50 bits per heavy atom. The summed E-state index contributed by atoms with van der Waals surface area (Å²) in [4.78, 5) is 14.9. The number of aldehydes is 1. The molecule has 0 aliphatic carbocycles. The van der Waals surface area contributed by atoms with Crippen molar-refractivity contribution in [3.05, 3.63) is 41.5 Å². The van der Waals surface area contributed by atoms with Crippen LogP contribution in [0.5, 0.6) is 0 Å². The van der Waals surface area contributed by atoms with Crippen molar-refractivity contribution >= 4 is 18.0 Å². The lowest BCUT2D eigenvalue weighted by molar-refractivity contribution is 0.112. The minimum Gasteiger partial charge on any atom is -0.439 e. The van der Waals surface area contributed by atoms with Gasteiger partial charge in [0.25, 0.3) is 5.22 Å². The first-order chi connectivity index (χ1) is 7.69. The van der Waals surface area contributed by atoms with Crippen LogP contribution in [0.1, 0.15) is 16.1 Å². The van der Waals surface area contributed by atoms with Gasteiger partial charge in [0.2, 0.25) is 0 Å². The van der Waals surface area contributed by atoms with E-state index in [-0.39, 0.29) is 0 Å². The third-order valence-electron chi connectivity index (χ3n) is 1.89. The molecule has 0 unspecified atom stereocenters.